The maximum Gasteiger partial charge on any atom is 0.433 e. The van der Waals surface area contributed by atoms with Crippen molar-refractivity contribution in [2.45, 2.75) is 71.4 Å². The maximum absolute atomic E-state index is 13.4. The van der Waals surface area contributed by atoms with Crippen molar-refractivity contribution in [1.29, 1.82) is 0 Å². The van der Waals surface area contributed by atoms with Crippen LogP contribution in [-0.2, 0) is 24.1 Å². The fraction of sp³-hybridized carbons (Fsp3) is 0.542. The SMILES string of the molecule is CCC(NC(=O)c1c(C)c(C(=O)N2CCCC2C)n2c1COCC2)c1ccc(C(F)(F)F)nc1. The van der Waals surface area contributed by atoms with E-state index in [2.05, 4.69) is 10.3 Å². The monoisotopic (exact) mass is 478 g/mol. The van der Waals surface area contributed by atoms with Gasteiger partial charge in [0.15, 0.2) is 0 Å². The molecule has 2 aliphatic rings. The van der Waals surface area contributed by atoms with Crippen molar-refractivity contribution < 1.29 is 27.5 Å². The van der Waals surface area contributed by atoms with Crippen molar-refractivity contribution >= 4 is 11.8 Å². The standard InChI is InChI=1S/C24H29F3N4O3/c1-4-17(16-7-8-19(28-12-16)24(25,26)27)29-22(32)20-15(3)21(31-10-11-34-13-18(20)31)23(33)30-9-5-6-14(30)2/h7-8,12,14,17H,4-6,9-11,13H2,1-3H3,(H,29,32). The summed E-state index contributed by atoms with van der Waals surface area (Å²) in [5.74, 6) is -0.462. The second-order valence-electron chi connectivity index (χ2n) is 8.90. The molecule has 2 atom stereocenters. The zero-order valence-corrected chi connectivity index (χ0v) is 19.5. The molecule has 0 spiro atoms. The van der Waals surface area contributed by atoms with E-state index in [0.717, 1.165) is 25.1 Å². The molecular weight excluding hydrogens is 449 g/mol. The lowest BCUT2D eigenvalue weighted by Gasteiger charge is -2.24. The minimum atomic E-state index is -4.53. The second-order valence-corrected chi connectivity index (χ2v) is 8.90. The van der Waals surface area contributed by atoms with E-state index in [-0.39, 0.29) is 24.5 Å². The van der Waals surface area contributed by atoms with Crippen LogP contribution in [0.25, 0.3) is 0 Å². The highest BCUT2D eigenvalue weighted by Crippen LogP contribution is 2.31. The predicted octanol–water partition coefficient (Wildman–Crippen LogP) is 4.25. The lowest BCUT2D eigenvalue weighted by molar-refractivity contribution is -0.141. The third kappa shape index (κ3) is 4.43. The highest BCUT2D eigenvalue weighted by atomic mass is 19.4. The Balaban J connectivity index is 1.64. The molecule has 184 valence electrons. The molecule has 2 aromatic heterocycles. The van der Waals surface area contributed by atoms with E-state index in [4.69, 9.17) is 4.74 Å². The Bertz CT molecular complexity index is 1080. The first kappa shape index (κ1) is 24.3. The highest BCUT2D eigenvalue weighted by molar-refractivity contribution is 6.03. The van der Waals surface area contributed by atoms with Gasteiger partial charge in [-0.1, -0.05) is 13.0 Å². The van der Waals surface area contributed by atoms with Crippen LogP contribution in [0.3, 0.4) is 0 Å². The smallest absolute Gasteiger partial charge is 0.373 e. The average molecular weight is 479 g/mol. The summed E-state index contributed by atoms with van der Waals surface area (Å²) >= 11 is 0. The van der Waals surface area contributed by atoms with Gasteiger partial charge in [-0.05, 0) is 50.3 Å². The molecule has 7 nitrogen and oxygen atoms in total. The van der Waals surface area contributed by atoms with Crippen LogP contribution in [0.2, 0.25) is 0 Å². The molecule has 34 heavy (non-hydrogen) atoms. The minimum absolute atomic E-state index is 0.0799. The molecule has 0 aliphatic carbocycles. The number of ether oxygens (including phenoxy) is 1. The van der Waals surface area contributed by atoms with Gasteiger partial charge in [0.2, 0.25) is 0 Å². The number of nitrogens with one attached hydrogen (secondary N) is 1. The Morgan fingerprint density at radius 1 is 1.29 bits per heavy atom. The van der Waals surface area contributed by atoms with Gasteiger partial charge in [-0.15, -0.1) is 0 Å². The van der Waals surface area contributed by atoms with Gasteiger partial charge < -0.3 is 19.5 Å². The molecule has 0 aromatic carbocycles. The first-order valence-electron chi connectivity index (χ1n) is 11.6. The van der Waals surface area contributed by atoms with Crippen LogP contribution in [0.15, 0.2) is 18.3 Å². The van der Waals surface area contributed by atoms with Gasteiger partial charge in [-0.3, -0.25) is 14.6 Å². The Morgan fingerprint density at radius 3 is 2.65 bits per heavy atom. The molecule has 2 aliphatic heterocycles. The third-order valence-corrected chi connectivity index (χ3v) is 6.75. The number of carbonyl (C=O) groups is 2. The molecule has 4 rings (SSSR count). The van der Waals surface area contributed by atoms with Gasteiger partial charge in [0.05, 0.1) is 30.5 Å². The number of amides is 2. The van der Waals surface area contributed by atoms with E-state index in [9.17, 15) is 22.8 Å². The van der Waals surface area contributed by atoms with E-state index >= 15 is 0 Å². The summed E-state index contributed by atoms with van der Waals surface area (Å²) in [4.78, 5) is 32.2. The number of fused-ring (bicyclic) bond motifs is 1. The molecule has 0 saturated carbocycles. The summed E-state index contributed by atoms with van der Waals surface area (Å²) in [6, 6.07) is 1.86. The molecule has 0 radical (unpaired) electrons. The molecule has 0 bridgehead atoms. The average Bonchev–Trinajstić information content (AvgIpc) is 3.36. The summed E-state index contributed by atoms with van der Waals surface area (Å²) in [6.45, 7) is 7.47. The zero-order chi connectivity index (χ0) is 24.6. The van der Waals surface area contributed by atoms with Gasteiger partial charge in [-0.25, -0.2) is 0 Å². The van der Waals surface area contributed by atoms with E-state index in [1.54, 1.807) is 6.92 Å². The predicted molar refractivity (Wildman–Crippen MR) is 118 cm³/mol. The lowest BCUT2D eigenvalue weighted by atomic mass is 10.0. The topological polar surface area (TPSA) is 76.5 Å². The van der Waals surface area contributed by atoms with E-state index in [1.807, 2.05) is 23.3 Å². The fourth-order valence-electron chi connectivity index (χ4n) is 4.91. The van der Waals surface area contributed by atoms with Gasteiger partial charge in [0.1, 0.15) is 11.4 Å². The van der Waals surface area contributed by atoms with E-state index in [1.165, 1.54) is 6.07 Å². The summed E-state index contributed by atoms with van der Waals surface area (Å²) in [7, 11) is 0. The van der Waals surface area contributed by atoms with Crippen LogP contribution < -0.4 is 5.32 Å². The summed E-state index contributed by atoms with van der Waals surface area (Å²) in [5.41, 5.74) is 1.66. The van der Waals surface area contributed by atoms with Gasteiger partial charge >= 0.3 is 6.18 Å². The minimum Gasteiger partial charge on any atom is -0.373 e. The van der Waals surface area contributed by atoms with Crippen molar-refractivity contribution in [3.05, 3.63) is 52.1 Å². The lowest BCUT2D eigenvalue weighted by Crippen LogP contribution is -2.36. The van der Waals surface area contributed by atoms with Gasteiger partial charge in [0, 0.05) is 25.3 Å². The number of aromatic nitrogens is 2. The van der Waals surface area contributed by atoms with Crippen molar-refractivity contribution in [1.82, 2.24) is 19.8 Å². The fourth-order valence-corrected chi connectivity index (χ4v) is 4.91. The molecule has 1 fully saturated rings. The van der Waals surface area contributed by atoms with Crippen molar-refractivity contribution in [2.24, 2.45) is 0 Å². The molecule has 1 saturated heterocycles. The van der Waals surface area contributed by atoms with Crippen LogP contribution in [0.1, 0.15) is 82.5 Å². The molecular formula is C24H29F3N4O3. The normalized spacial score (nSPS) is 19.1. The quantitative estimate of drug-likeness (QED) is 0.697. The van der Waals surface area contributed by atoms with Crippen LogP contribution in [0.4, 0.5) is 13.2 Å². The first-order chi connectivity index (χ1) is 16.1. The number of hydrogen-bond donors (Lipinski definition) is 1. The Morgan fingerprint density at radius 2 is 2.06 bits per heavy atom. The summed E-state index contributed by atoms with van der Waals surface area (Å²) in [5, 5.41) is 2.93. The van der Waals surface area contributed by atoms with Gasteiger partial charge in [0.25, 0.3) is 11.8 Å². The number of pyridine rings is 1. The van der Waals surface area contributed by atoms with E-state index < -0.39 is 17.9 Å². The number of carbonyl (C=O) groups excluding carboxylic acids is 2. The Labute approximate surface area is 196 Å². The Kier molecular flexibility index (Phi) is 6.71. The molecule has 1 N–H and O–H groups in total. The number of likely N-dealkylation sites (tertiary alicyclic amines) is 1. The molecule has 2 amide bonds. The number of alkyl halides is 3. The van der Waals surface area contributed by atoms with E-state index in [0.29, 0.717) is 54.2 Å². The van der Waals surface area contributed by atoms with Gasteiger partial charge in [-0.2, -0.15) is 13.2 Å². The third-order valence-electron chi connectivity index (χ3n) is 6.75. The molecule has 4 heterocycles. The molecule has 2 aromatic rings. The second kappa shape index (κ2) is 9.40. The van der Waals surface area contributed by atoms with Crippen molar-refractivity contribution in [3.8, 4) is 0 Å². The largest absolute Gasteiger partial charge is 0.433 e. The zero-order valence-electron chi connectivity index (χ0n) is 19.5. The molecule has 10 heteroatoms. The number of rotatable bonds is 5. The van der Waals surface area contributed by atoms with Crippen molar-refractivity contribution in [3.63, 3.8) is 0 Å². The molecule has 2 unspecified atom stereocenters. The van der Waals surface area contributed by atoms with Crippen LogP contribution in [0, 0.1) is 6.92 Å². The maximum atomic E-state index is 13.4. The summed E-state index contributed by atoms with van der Waals surface area (Å²) in [6.07, 6.45) is -1.01. The van der Waals surface area contributed by atoms with Crippen molar-refractivity contribution in [2.75, 3.05) is 13.2 Å². The first-order valence-corrected chi connectivity index (χ1v) is 11.6. The number of nitrogens with zero attached hydrogens (tertiary/aromatic N) is 3. The summed E-state index contributed by atoms with van der Waals surface area (Å²) < 4.78 is 46.1. The van der Waals surface area contributed by atoms with Crippen LogP contribution in [-0.4, -0.2) is 45.5 Å². The Hall–Kier alpha value is -2.88. The van der Waals surface area contributed by atoms with Crippen LogP contribution >= 0.6 is 0 Å². The van der Waals surface area contributed by atoms with Crippen LogP contribution in [0.5, 0.6) is 0 Å². The highest BCUT2D eigenvalue weighted by Gasteiger charge is 2.35. The number of halogens is 3. The number of hydrogen-bond acceptors (Lipinski definition) is 4.